The predicted molar refractivity (Wildman–Crippen MR) is 60.6 cm³/mol. The van der Waals surface area contributed by atoms with Crippen LogP contribution in [-0.2, 0) is 4.79 Å². The largest absolute Gasteiger partial charge is 0.307 e. The monoisotopic (exact) mass is 184 g/mol. The SMILES string of the molecule is O=C1BCCCC1=Cc1ccccc1. The Hall–Kier alpha value is -1.31. The van der Waals surface area contributed by atoms with Gasteiger partial charge >= 0.3 is 0 Å². The van der Waals surface area contributed by atoms with Crippen molar-refractivity contribution in [1.82, 2.24) is 0 Å². The molecule has 0 spiro atoms. The third-order valence-corrected chi connectivity index (χ3v) is 2.60. The molecule has 1 fully saturated rings. The maximum Gasteiger partial charge on any atom is 0.211 e. The third-order valence-electron chi connectivity index (χ3n) is 2.60. The van der Waals surface area contributed by atoms with Gasteiger partial charge in [-0.3, -0.25) is 0 Å². The number of hydrogen-bond donors (Lipinski definition) is 0. The second-order valence-electron chi connectivity index (χ2n) is 3.71. The van der Waals surface area contributed by atoms with Gasteiger partial charge in [-0.1, -0.05) is 43.1 Å². The zero-order valence-electron chi connectivity index (χ0n) is 8.20. The summed E-state index contributed by atoms with van der Waals surface area (Å²) in [6, 6.07) is 10.1. The molecule has 0 aromatic heterocycles. The molecule has 1 aliphatic heterocycles. The number of carbonyl (C=O) groups is 1. The first kappa shape index (κ1) is 9.26. The molecule has 70 valence electrons. The average Bonchev–Trinajstić information content (AvgIpc) is 2.23. The summed E-state index contributed by atoms with van der Waals surface area (Å²) in [6.07, 6.45) is 5.20. The van der Waals surface area contributed by atoms with Crippen LogP contribution in [0.15, 0.2) is 35.9 Å². The van der Waals surface area contributed by atoms with Crippen LogP contribution in [0.3, 0.4) is 0 Å². The van der Waals surface area contributed by atoms with E-state index in [-0.39, 0.29) is 0 Å². The molecule has 0 saturated carbocycles. The van der Waals surface area contributed by atoms with Gasteiger partial charge in [0, 0.05) is 0 Å². The Kier molecular flexibility index (Phi) is 2.83. The van der Waals surface area contributed by atoms with Crippen molar-refractivity contribution >= 4 is 19.0 Å². The molecule has 0 radical (unpaired) electrons. The first-order valence-electron chi connectivity index (χ1n) is 5.15. The summed E-state index contributed by atoms with van der Waals surface area (Å²) in [6.45, 7) is 0. The number of benzene rings is 1. The lowest BCUT2D eigenvalue weighted by Gasteiger charge is -2.11. The molecule has 2 rings (SSSR count). The van der Waals surface area contributed by atoms with Crippen molar-refractivity contribution in [2.45, 2.75) is 19.2 Å². The highest BCUT2D eigenvalue weighted by atomic mass is 16.1. The number of rotatable bonds is 1. The molecule has 1 heterocycles. The molecule has 0 unspecified atom stereocenters. The molecule has 1 aromatic rings. The van der Waals surface area contributed by atoms with Crippen molar-refractivity contribution in [2.75, 3.05) is 0 Å². The van der Waals surface area contributed by atoms with E-state index in [1.165, 1.54) is 0 Å². The van der Waals surface area contributed by atoms with E-state index in [0.29, 0.717) is 5.68 Å². The van der Waals surface area contributed by atoms with Gasteiger partial charge in [-0.2, -0.15) is 0 Å². The van der Waals surface area contributed by atoms with Gasteiger partial charge in [0.1, 0.15) is 5.68 Å². The van der Waals surface area contributed by atoms with Gasteiger partial charge in [-0.05, 0) is 23.6 Å². The Balaban J connectivity index is 2.21. The van der Waals surface area contributed by atoms with Gasteiger partial charge in [0.15, 0.2) is 0 Å². The smallest absolute Gasteiger partial charge is 0.211 e. The minimum absolute atomic E-state index is 0.333. The van der Waals surface area contributed by atoms with Gasteiger partial charge in [0.05, 0.1) is 0 Å². The highest BCUT2D eigenvalue weighted by Gasteiger charge is 2.15. The average molecular weight is 184 g/mol. The molecule has 0 N–H and O–H groups in total. The minimum Gasteiger partial charge on any atom is -0.307 e. The quantitative estimate of drug-likeness (QED) is 0.483. The highest BCUT2D eigenvalue weighted by Crippen LogP contribution is 2.18. The molecule has 1 aliphatic rings. The minimum atomic E-state index is 0.333. The Morgan fingerprint density at radius 1 is 1.21 bits per heavy atom. The second kappa shape index (κ2) is 4.27. The summed E-state index contributed by atoms with van der Waals surface area (Å²) >= 11 is 0. The van der Waals surface area contributed by atoms with Crippen molar-refractivity contribution in [3.63, 3.8) is 0 Å². The maximum absolute atomic E-state index is 11.5. The van der Waals surface area contributed by atoms with E-state index in [4.69, 9.17) is 0 Å². The van der Waals surface area contributed by atoms with E-state index in [9.17, 15) is 4.79 Å². The lowest BCUT2D eigenvalue weighted by molar-refractivity contribution is -0.109. The Bertz CT molecular complexity index is 354. The lowest BCUT2D eigenvalue weighted by Crippen LogP contribution is -2.16. The van der Waals surface area contributed by atoms with E-state index in [1.54, 1.807) is 0 Å². The van der Waals surface area contributed by atoms with Crippen LogP contribution in [0.4, 0.5) is 0 Å². The Morgan fingerprint density at radius 3 is 2.71 bits per heavy atom. The number of carbonyl (C=O) groups excluding carboxylic acids is 1. The van der Waals surface area contributed by atoms with Gasteiger partial charge in [-0.15, -0.1) is 0 Å². The molecule has 1 saturated heterocycles. The normalized spacial score (nSPS) is 19.4. The fourth-order valence-electron chi connectivity index (χ4n) is 1.80. The van der Waals surface area contributed by atoms with Crippen LogP contribution in [0.5, 0.6) is 0 Å². The number of hydrogen-bond acceptors (Lipinski definition) is 1. The highest BCUT2D eigenvalue weighted by molar-refractivity contribution is 6.78. The van der Waals surface area contributed by atoms with Crippen molar-refractivity contribution in [3.05, 3.63) is 41.5 Å². The van der Waals surface area contributed by atoms with Crippen LogP contribution in [0.1, 0.15) is 18.4 Å². The zero-order chi connectivity index (χ0) is 9.80. The van der Waals surface area contributed by atoms with Crippen LogP contribution in [0, 0.1) is 0 Å². The Morgan fingerprint density at radius 2 is 2.00 bits per heavy atom. The van der Waals surface area contributed by atoms with E-state index < -0.39 is 0 Å². The Labute approximate surface area is 85.1 Å². The number of allylic oxidation sites excluding steroid dienone is 1. The van der Waals surface area contributed by atoms with Gasteiger partial charge in [0.2, 0.25) is 7.28 Å². The molecule has 0 bridgehead atoms. The van der Waals surface area contributed by atoms with E-state index >= 15 is 0 Å². The van der Waals surface area contributed by atoms with E-state index in [2.05, 4.69) is 0 Å². The van der Waals surface area contributed by atoms with Gasteiger partial charge < -0.3 is 4.79 Å². The second-order valence-corrected chi connectivity index (χ2v) is 3.71. The lowest BCUT2D eigenvalue weighted by atomic mass is 9.61. The molecular weight excluding hydrogens is 171 g/mol. The van der Waals surface area contributed by atoms with Gasteiger partial charge in [-0.25, -0.2) is 0 Å². The molecule has 0 amide bonds. The standard InChI is InChI=1S/C12H13BO/c14-12-11(7-4-8-13-12)9-10-5-2-1-3-6-10/h1-3,5-6,9,13H,4,7-8H2. The molecule has 2 heteroatoms. The van der Waals surface area contributed by atoms with Gasteiger partial charge in [0.25, 0.3) is 0 Å². The van der Waals surface area contributed by atoms with Crippen LogP contribution in [0.2, 0.25) is 6.32 Å². The topological polar surface area (TPSA) is 17.1 Å². The van der Waals surface area contributed by atoms with E-state index in [0.717, 1.165) is 37.6 Å². The summed E-state index contributed by atoms with van der Waals surface area (Å²) < 4.78 is 0. The predicted octanol–water partition coefficient (Wildman–Crippen LogP) is 2.25. The fraction of sp³-hybridized carbons (Fsp3) is 0.250. The molecule has 1 nitrogen and oxygen atoms in total. The maximum atomic E-state index is 11.5. The zero-order valence-corrected chi connectivity index (χ0v) is 8.20. The first-order chi connectivity index (χ1) is 6.86. The summed E-state index contributed by atoms with van der Waals surface area (Å²) in [5.41, 5.74) is 2.47. The van der Waals surface area contributed by atoms with Crippen molar-refractivity contribution in [3.8, 4) is 0 Å². The van der Waals surface area contributed by atoms with E-state index in [1.807, 2.05) is 36.4 Å². The molecular formula is C12H13BO. The van der Waals surface area contributed by atoms with Crippen LogP contribution >= 0.6 is 0 Å². The van der Waals surface area contributed by atoms with Crippen molar-refractivity contribution in [2.24, 2.45) is 0 Å². The molecule has 0 atom stereocenters. The van der Waals surface area contributed by atoms with Crippen LogP contribution < -0.4 is 0 Å². The fourth-order valence-corrected chi connectivity index (χ4v) is 1.80. The van der Waals surface area contributed by atoms with Crippen molar-refractivity contribution in [1.29, 1.82) is 0 Å². The summed E-state index contributed by atoms with van der Waals surface area (Å²) in [5, 5.41) is 0. The summed E-state index contributed by atoms with van der Waals surface area (Å²) in [4.78, 5) is 11.5. The third kappa shape index (κ3) is 2.14. The molecule has 0 aliphatic carbocycles. The summed E-state index contributed by atoms with van der Waals surface area (Å²) in [5.74, 6) is 0. The van der Waals surface area contributed by atoms with Crippen LogP contribution in [0.25, 0.3) is 6.08 Å². The molecule has 14 heavy (non-hydrogen) atoms. The molecule has 1 aromatic carbocycles. The van der Waals surface area contributed by atoms with Crippen LogP contribution in [-0.4, -0.2) is 13.0 Å². The van der Waals surface area contributed by atoms with Crippen molar-refractivity contribution < 1.29 is 4.79 Å². The summed E-state index contributed by atoms with van der Waals surface area (Å²) in [7, 11) is 0.735. The first-order valence-corrected chi connectivity index (χ1v) is 5.15.